The Bertz CT molecular complexity index is 1160. The molecule has 28 heavy (non-hydrogen) atoms. The lowest BCUT2D eigenvalue weighted by atomic mass is 9.99. The molecule has 0 aliphatic carbocycles. The van der Waals surface area contributed by atoms with Crippen LogP contribution in [0.2, 0.25) is 0 Å². The Morgan fingerprint density at radius 1 is 0.893 bits per heavy atom. The van der Waals surface area contributed by atoms with Crippen molar-refractivity contribution < 1.29 is 14.1 Å². The maximum atomic E-state index is 13.1. The topological polar surface area (TPSA) is 78.0 Å². The van der Waals surface area contributed by atoms with E-state index in [-0.39, 0.29) is 22.8 Å². The number of rotatable bonds is 5. The first-order chi connectivity index (χ1) is 13.6. The summed E-state index contributed by atoms with van der Waals surface area (Å²) in [5, 5.41) is 8.10. The average molecular weight is 371 g/mol. The number of aryl methyl sites for hydroxylation is 1. The molecule has 2 aromatic carbocycles. The highest BCUT2D eigenvalue weighted by Crippen LogP contribution is 2.21. The standard InChI is InChI=1S/C22H17N3O3/c1-14-8-10-16(11-9-14)21(26)20-19(13-28-24-20)22(27)18-12-23-25(15(18)2)17-6-4-3-5-7-17/h3-13H,1-2H3. The van der Waals surface area contributed by atoms with Crippen molar-refractivity contribution in [2.75, 3.05) is 0 Å². The molecule has 0 unspecified atom stereocenters. The van der Waals surface area contributed by atoms with Gasteiger partial charge in [0.25, 0.3) is 0 Å². The normalized spacial score (nSPS) is 10.8. The predicted molar refractivity (Wildman–Crippen MR) is 103 cm³/mol. The molecular formula is C22H17N3O3. The molecule has 4 rings (SSSR count). The summed E-state index contributed by atoms with van der Waals surface area (Å²) >= 11 is 0. The molecule has 0 amide bonds. The molecule has 0 aliphatic heterocycles. The van der Waals surface area contributed by atoms with Crippen LogP contribution in [0.1, 0.15) is 43.2 Å². The smallest absolute Gasteiger partial charge is 0.215 e. The van der Waals surface area contributed by atoms with Gasteiger partial charge >= 0.3 is 0 Å². The number of aromatic nitrogens is 3. The van der Waals surface area contributed by atoms with Gasteiger partial charge in [-0.25, -0.2) is 4.68 Å². The van der Waals surface area contributed by atoms with Crippen molar-refractivity contribution in [1.29, 1.82) is 0 Å². The average Bonchev–Trinajstić information content (AvgIpc) is 3.35. The Morgan fingerprint density at radius 2 is 1.61 bits per heavy atom. The Balaban J connectivity index is 1.69. The van der Waals surface area contributed by atoms with E-state index in [9.17, 15) is 9.59 Å². The first-order valence-electron chi connectivity index (χ1n) is 8.76. The van der Waals surface area contributed by atoms with E-state index in [1.54, 1.807) is 16.8 Å². The molecule has 2 aromatic heterocycles. The highest BCUT2D eigenvalue weighted by molar-refractivity contribution is 6.18. The second-order valence-corrected chi connectivity index (χ2v) is 6.49. The van der Waals surface area contributed by atoms with E-state index in [0.717, 1.165) is 11.3 Å². The van der Waals surface area contributed by atoms with Crippen molar-refractivity contribution in [2.45, 2.75) is 13.8 Å². The highest BCUT2D eigenvalue weighted by Gasteiger charge is 2.26. The molecule has 0 atom stereocenters. The van der Waals surface area contributed by atoms with Gasteiger partial charge in [0.05, 0.1) is 28.7 Å². The number of ketones is 2. The van der Waals surface area contributed by atoms with Crippen LogP contribution < -0.4 is 0 Å². The zero-order valence-corrected chi connectivity index (χ0v) is 15.4. The van der Waals surface area contributed by atoms with E-state index < -0.39 is 0 Å². The first kappa shape index (κ1) is 17.6. The molecule has 0 spiro atoms. The summed E-state index contributed by atoms with van der Waals surface area (Å²) in [4.78, 5) is 25.9. The SMILES string of the molecule is Cc1ccc(C(=O)c2nocc2C(=O)c2cnn(-c3ccccc3)c2C)cc1. The molecule has 6 heteroatoms. The summed E-state index contributed by atoms with van der Waals surface area (Å²) in [6, 6.07) is 16.6. The molecular weight excluding hydrogens is 354 g/mol. The summed E-state index contributed by atoms with van der Waals surface area (Å²) in [6.07, 6.45) is 2.71. The highest BCUT2D eigenvalue weighted by atomic mass is 16.5. The molecule has 0 fully saturated rings. The van der Waals surface area contributed by atoms with Crippen molar-refractivity contribution in [2.24, 2.45) is 0 Å². The lowest BCUT2D eigenvalue weighted by Gasteiger charge is -2.05. The van der Waals surface area contributed by atoms with Crippen LogP contribution in [0.4, 0.5) is 0 Å². The number of benzene rings is 2. The Labute approximate surface area is 161 Å². The maximum absolute atomic E-state index is 13.1. The first-order valence-corrected chi connectivity index (χ1v) is 8.76. The van der Waals surface area contributed by atoms with E-state index >= 15 is 0 Å². The predicted octanol–water partition coefficient (Wildman–Crippen LogP) is 3.94. The third-order valence-corrected chi connectivity index (χ3v) is 4.60. The Hall–Kier alpha value is -3.80. The zero-order chi connectivity index (χ0) is 19.7. The number of hydrogen-bond acceptors (Lipinski definition) is 5. The third-order valence-electron chi connectivity index (χ3n) is 4.60. The molecule has 0 aliphatic rings. The third kappa shape index (κ3) is 3.05. The summed E-state index contributed by atoms with van der Waals surface area (Å²) in [6.45, 7) is 3.74. The van der Waals surface area contributed by atoms with Gasteiger partial charge < -0.3 is 4.52 Å². The van der Waals surface area contributed by atoms with Gasteiger partial charge in [-0.1, -0.05) is 53.2 Å². The van der Waals surface area contributed by atoms with Gasteiger partial charge in [-0.05, 0) is 26.0 Å². The molecule has 6 nitrogen and oxygen atoms in total. The summed E-state index contributed by atoms with van der Waals surface area (Å²) < 4.78 is 6.65. The van der Waals surface area contributed by atoms with Gasteiger partial charge in [-0.3, -0.25) is 9.59 Å². The quantitative estimate of drug-likeness (QED) is 0.497. The minimum Gasteiger partial charge on any atom is -0.363 e. The Morgan fingerprint density at radius 3 is 2.32 bits per heavy atom. The van der Waals surface area contributed by atoms with Crippen LogP contribution in [0, 0.1) is 13.8 Å². The number of carbonyl (C=O) groups is 2. The van der Waals surface area contributed by atoms with E-state index in [1.807, 2.05) is 56.3 Å². The van der Waals surface area contributed by atoms with Crippen molar-refractivity contribution in [3.05, 3.63) is 101 Å². The van der Waals surface area contributed by atoms with E-state index in [2.05, 4.69) is 10.3 Å². The minimum atomic E-state index is -0.356. The lowest BCUT2D eigenvalue weighted by molar-refractivity contribution is 0.1000. The van der Waals surface area contributed by atoms with Crippen LogP contribution >= 0.6 is 0 Å². The number of para-hydroxylation sites is 1. The van der Waals surface area contributed by atoms with E-state index in [0.29, 0.717) is 16.8 Å². The van der Waals surface area contributed by atoms with Gasteiger partial charge in [-0.15, -0.1) is 0 Å². The molecule has 0 N–H and O–H groups in total. The van der Waals surface area contributed by atoms with Crippen LogP contribution in [0.15, 0.2) is 71.6 Å². The van der Waals surface area contributed by atoms with Gasteiger partial charge in [0.15, 0.2) is 5.69 Å². The van der Waals surface area contributed by atoms with Crippen LogP contribution in [0.5, 0.6) is 0 Å². The maximum Gasteiger partial charge on any atom is 0.215 e. The molecule has 0 saturated heterocycles. The van der Waals surface area contributed by atoms with Crippen molar-refractivity contribution in [3.8, 4) is 5.69 Å². The Kier molecular flexibility index (Phi) is 4.45. The lowest BCUT2D eigenvalue weighted by Crippen LogP contribution is -2.11. The molecule has 0 radical (unpaired) electrons. The zero-order valence-electron chi connectivity index (χ0n) is 15.4. The van der Waals surface area contributed by atoms with Gasteiger partial charge in [0, 0.05) is 5.56 Å². The van der Waals surface area contributed by atoms with Crippen molar-refractivity contribution in [1.82, 2.24) is 14.9 Å². The molecule has 138 valence electrons. The molecule has 0 bridgehead atoms. The fourth-order valence-corrected chi connectivity index (χ4v) is 3.01. The second-order valence-electron chi connectivity index (χ2n) is 6.49. The minimum absolute atomic E-state index is 0.000661. The summed E-state index contributed by atoms with van der Waals surface area (Å²) in [5.41, 5.74) is 3.53. The number of nitrogens with zero attached hydrogens (tertiary/aromatic N) is 3. The monoisotopic (exact) mass is 371 g/mol. The van der Waals surface area contributed by atoms with Crippen LogP contribution in [0.25, 0.3) is 5.69 Å². The van der Waals surface area contributed by atoms with Crippen LogP contribution in [-0.2, 0) is 0 Å². The number of hydrogen-bond donors (Lipinski definition) is 0. The molecule has 4 aromatic rings. The van der Waals surface area contributed by atoms with Crippen LogP contribution in [-0.4, -0.2) is 26.5 Å². The fraction of sp³-hybridized carbons (Fsp3) is 0.0909. The van der Waals surface area contributed by atoms with Crippen LogP contribution in [0.3, 0.4) is 0 Å². The van der Waals surface area contributed by atoms with Gasteiger partial charge in [0.1, 0.15) is 6.26 Å². The fourth-order valence-electron chi connectivity index (χ4n) is 3.01. The molecule has 2 heterocycles. The van der Waals surface area contributed by atoms with E-state index in [4.69, 9.17) is 4.52 Å². The van der Waals surface area contributed by atoms with Crippen molar-refractivity contribution in [3.63, 3.8) is 0 Å². The number of carbonyl (C=O) groups excluding carboxylic acids is 2. The van der Waals surface area contributed by atoms with Gasteiger partial charge in [-0.2, -0.15) is 5.10 Å². The van der Waals surface area contributed by atoms with Gasteiger partial charge in [0.2, 0.25) is 11.6 Å². The largest absolute Gasteiger partial charge is 0.363 e. The van der Waals surface area contributed by atoms with Crippen molar-refractivity contribution >= 4 is 11.6 Å². The van der Waals surface area contributed by atoms with E-state index in [1.165, 1.54) is 12.5 Å². The second kappa shape index (κ2) is 7.08. The summed E-state index contributed by atoms with van der Waals surface area (Å²) in [5.74, 6) is -0.707. The molecule has 0 saturated carbocycles. The summed E-state index contributed by atoms with van der Waals surface area (Å²) in [7, 11) is 0.